The Morgan fingerprint density at radius 2 is 2.21 bits per heavy atom. The van der Waals surface area contributed by atoms with E-state index in [-0.39, 0.29) is 0 Å². The molecule has 0 aliphatic heterocycles. The molecule has 0 aromatic carbocycles. The third kappa shape index (κ3) is 2.09. The molecule has 3 aromatic heterocycles. The monoisotopic (exact) mass is 291 g/mol. The van der Waals surface area contributed by atoms with Crippen LogP contribution in [-0.2, 0) is 6.54 Å². The maximum absolute atomic E-state index is 5.76. The second kappa shape index (κ2) is 4.84. The van der Waals surface area contributed by atoms with Crippen molar-refractivity contribution < 1.29 is 0 Å². The summed E-state index contributed by atoms with van der Waals surface area (Å²) in [5, 5.41) is 11.2. The first kappa shape index (κ1) is 12.5. The van der Waals surface area contributed by atoms with Crippen LogP contribution in [-0.4, -0.2) is 20.0 Å². The van der Waals surface area contributed by atoms with Crippen LogP contribution < -0.4 is 5.73 Å². The lowest BCUT2D eigenvalue weighted by Gasteiger charge is -2.01. The van der Waals surface area contributed by atoms with Crippen molar-refractivity contribution in [2.24, 2.45) is 5.73 Å². The van der Waals surface area contributed by atoms with Crippen LogP contribution in [0.15, 0.2) is 17.5 Å². The van der Waals surface area contributed by atoms with E-state index in [1.807, 2.05) is 24.4 Å². The molecule has 0 fully saturated rings. The van der Waals surface area contributed by atoms with Crippen molar-refractivity contribution in [2.75, 3.05) is 0 Å². The largest absolute Gasteiger partial charge is 0.325 e. The van der Waals surface area contributed by atoms with Crippen molar-refractivity contribution in [1.82, 2.24) is 20.0 Å². The minimum Gasteiger partial charge on any atom is -0.325 e. The first-order chi connectivity index (χ1) is 9.20. The molecule has 3 heterocycles. The fourth-order valence-electron chi connectivity index (χ4n) is 1.79. The maximum atomic E-state index is 5.76. The molecule has 19 heavy (non-hydrogen) atoms. The number of hydrogen-bond acceptors (Lipinski definition) is 6. The van der Waals surface area contributed by atoms with Gasteiger partial charge in [-0.2, -0.15) is 4.68 Å². The summed E-state index contributed by atoms with van der Waals surface area (Å²) in [7, 11) is 0. The SMILES string of the molecule is Cc1nc(-n2nnc(CN)c2-c2cccs2)sc1C. The molecule has 0 aliphatic rings. The summed E-state index contributed by atoms with van der Waals surface area (Å²) in [6.45, 7) is 4.43. The van der Waals surface area contributed by atoms with Crippen molar-refractivity contribution in [3.8, 4) is 15.7 Å². The van der Waals surface area contributed by atoms with Gasteiger partial charge in [0.1, 0.15) is 11.4 Å². The Hall–Kier alpha value is -1.57. The molecule has 0 aliphatic carbocycles. The molecule has 0 amide bonds. The lowest BCUT2D eigenvalue weighted by Crippen LogP contribution is -2.01. The van der Waals surface area contributed by atoms with Gasteiger partial charge in [0, 0.05) is 11.4 Å². The fourth-order valence-corrected chi connectivity index (χ4v) is 3.43. The lowest BCUT2D eigenvalue weighted by atomic mass is 10.2. The van der Waals surface area contributed by atoms with Gasteiger partial charge >= 0.3 is 0 Å². The molecule has 3 aromatic rings. The Morgan fingerprint density at radius 3 is 2.79 bits per heavy atom. The normalized spacial score (nSPS) is 11.1. The molecule has 98 valence electrons. The van der Waals surface area contributed by atoms with Crippen molar-refractivity contribution in [1.29, 1.82) is 0 Å². The quantitative estimate of drug-likeness (QED) is 0.805. The van der Waals surface area contributed by atoms with Crippen molar-refractivity contribution >= 4 is 22.7 Å². The van der Waals surface area contributed by atoms with Gasteiger partial charge in [-0.3, -0.25) is 0 Å². The highest BCUT2D eigenvalue weighted by molar-refractivity contribution is 7.14. The van der Waals surface area contributed by atoms with E-state index in [4.69, 9.17) is 5.73 Å². The highest BCUT2D eigenvalue weighted by Crippen LogP contribution is 2.30. The zero-order valence-corrected chi connectivity index (χ0v) is 12.3. The average molecular weight is 291 g/mol. The van der Waals surface area contributed by atoms with Gasteiger partial charge in [-0.15, -0.1) is 16.4 Å². The van der Waals surface area contributed by atoms with Crippen molar-refractivity contribution in [3.05, 3.63) is 33.8 Å². The van der Waals surface area contributed by atoms with Crippen LogP contribution in [0, 0.1) is 13.8 Å². The maximum Gasteiger partial charge on any atom is 0.212 e. The minimum absolute atomic E-state index is 0.372. The molecule has 7 heteroatoms. The third-order valence-corrected chi connectivity index (χ3v) is 4.81. The summed E-state index contributed by atoms with van der Waals surface area (Å²) < 4.78 is 1.79. The van der Waals surface area contributed by atoms with Crippen LogP contribution in [0.3, 0.4) is 0 Å². The lowest BCUT2D eigenvalue weighted by molar-refractivity contribution is 0.793. The average Bonchev–Trinajstić information content (AvgIpc) is 3.09. The summed E-state index contributed by atoms with van der Waals surface area (Å²) in [6, 6.07) is 4.06. The van der Waals surface area contributed by atoms with Crippen LogP contribution in [0.5, 0.6) is 0 Å². The van der Waals surface area contributed by atoms with E-state index in [0.29, 0.717) is 6.54 Å². The molecule has 0 saturated carbocycles. The van der Waals surface area contributed by atoms with Gasteiger partial charge in [0.15, 0.2) is 0 Å². The van der Waals surface area contributed by atoms with Crippen LogP contribution >= 0.6 is 22.7 Å². The Kier molecular flexibility index (Phi) is 3.17. The van der Waals surface area contributed by atoms with Crippen molar-refractivity contribution in [2.45, 2.75) is 20.4 Å². The second-order valence-electron chi connectivity index (χ2n) is 4.12. The molecule has 2 N–H and O–H groups in total. The molecule has 0 atom stereocenters. The zero-order chi connectivity index (χ0) is 13.4. The minimum atomic E-state index is 0.372. The number of thiazole rings is 1. The number of aryl methyl sites for hydroxylation is 2. The van der Waals surface area contributed by atoms with Gasteiger partial charge in [-0.25, -0.2) is 4.98 Å². The fraction of sp³-hybridized carbons (Fsp3) is 0.250. The van der Waals surface area contributed by atoms with Gasteiger partial charge in [0.25, 0.3) is 0 Å². The number of thiophene rings is 1. The molecule has 5 nitrogen and oxygen atoms in total. The van der Waals surface area contributed by atoms with E-state index in [1.165, 1.54) is 4.88 Å². The highest BCUT2D eigenvalue weighted by Gasteiger charge is 2.18. The Balaban J connectivity index is 2.19. The number of nitrogens with zero attached hydrogens (tertiary/aromatic N) is 4. The van der Waals surface area contributed by atoms with Gasteiger partial charge < -0.3 is 5.73 Å². The predicted octanol–water partition coefficient (Wildman–Crippen LogP) is 2.53. The molecular weight excluding hydrogens is 278 g/mol. The number of aromatic nitrogens is 4. The van der Waals surface area contributed by atoms with E-state index in [2.05, 4.69) is 22.2 Å². The van der Waals surface area contributed by atoms with Crippen LogP contribution in [0.4, 0.5) is 0 Å². The van der Waals surface area contributed by atoms with Crippen LogP contribution in [0.1, 0.15) is 16.3 Å². The second-order valence-corrected chi connectivity index (χ2v) is 6.25. The molecular formula is C12H13N5S2. The molecule has 0 bridgehead atoms. The van der Waals surface area contributed by atoms with Gasteiger partial charge in [0.05, 0.1) is 10.6 Å². The molecule has 0 spiro atoms. The summed E-state index contributed by atoms with van der Waals surface area (Å²) in [4.78, 5) is 6.84. The molecule has 3 rings (SSSR count). The molecule has 0 radical (unpaired) electrons. The Morgan fingerprint density at radius 1 is 1.37 bits per heavy atom. The van der Waals surface area contributed by atoms with Gasteiger partial charge in [0.2, 0.25) is 5.13 Å². The smallest absolute Gasteiger partial charge is 0.212 e. The van der Waals surface area contributed by atoms with E-state index in [9.17, 15) is 0 Å². The van der Waals surface area contributed by atoms with Crippen LogP contribution in [0.25, 0.3) is 15.7 Å². The standard InChI is InChI=1S/C12H13N5S2/c1-7-8(2)19-12(14-7)17-11(9(6-13)15-16-17)10-4-3-5-18-10/h3-5H,6,13H2,1-2H3. The number of rotatable bonds is 3. The topological polar surface area (TPSA) is 69.6 Å². The summed E-state index contributed by atoms with van der Waals surface area (Å²) in [5.41, 5.74) is 8.53. The highest BCUT2D eigenvalue weighted by atomic mass is 32.1. The third-order valence-electron chi connectivity index (χ3n) is 2.89. The van der Waals surface area contributed by atoms with Gasteiger partial charge in [-0.1, -0.05) is 22.6 Å². The van der Waals surface area contributed by atoms with Crippen molar-refractivity contribution in [3.63, 3.8) is 0 Å². The molecule has 0 unspecified atom stereocenters. The number of hydrogen-bond donors (Lipinski definition) is 1. The zero-order valence-electron chi connectivity index (χ0n) is 10.6. The Labute approximate surface area is 118 Å². The van der Waals surface area contributed by atoms with E-state index >= 15 is 0 Å². The van der Waals surface area contributed by atoms with E-state index < -0.39 is 0 Å². The van der Waals surface area contributed by atoms with Gasteiger partial charge in [-0.05, 0) is 25.3 Å². The Bertz CT molecular complexity index is 676. The predicted molar refractivity (Wildman–Crippen MR) is 77.7 cm³/mol. The summed E-state index contributed by atoms with van der Waals surface area (Å²) in [6.07, 6.45) is 0. The van der Waals surface area contributed by atoms with E-state index in [0.717, 1.165) is 27.1 Å². The summed E-state index contributed by atoms with van der Waals surface area (Å²) in [5.74, 6) is 0. The van der Waals surface area contributed by atoms with E-state index in [1.54, 1.807) is 27.4 Å². The molecule has 0 saturated heterocycles. The first-order valence-corrected chi connectivity index (χ1v) is 7.53. The first-order valence-electron chi connectivity index (χ1n) is 5.83. The van der Waals surface area contributed by atoms with Crippen LogP contribution in [0.2, 0.25) is 0 Å². The summed E-state index contributed by atoms with van der Waals surface area (Å²) >= 11 is 3.27. The number of nitrogens with two attached hydrogens (primary N) is 1.